The number of hydrogen-bond acceptors (Lipinski definition) is 3. The summed E-state index contributed by atoms with van der Waals surface area (Å²) < 4.78 is 4.78. The van der Waals surface area contributed by atoms with Gasteiger partial charge in [0.15, 0.2) is 0 Å². The average Bonchev–Trinajstić information content (AvgIpc) is 2.22. The van der Waals surface area contributed by atoms with E-state index in [1.807, 2.05) is 20.8 Å². The number of ether oxygens (including phenoxy) is 1. The lowest BCUT2D eigenvalue weighted by atomic mass is 10.0. The van der Waals surface area contributed by atoms with E-state index in [1.54, 1.807) is 0 Å². The van der Waals surface area contributed by atoms with Crippen LogP contribution in [0.25, 0.3) is 0 Å². The van der Waals surface area contributed by atoms with Crippen LogP contribution in [0.2, 0.25) is 0 Å². The second kappa shape index (κ2) is 8.45. The molecule has 0 amide bonds. The Morgan fingerprint density at radius 1 is 1.13 bits per heavy atom. The van der Waals surface area contributed by atoms with Crippen molar-refractivity contribution in [3.8, 4) is 0 Å². The van der Waals surface area contributed by atoms with Crippen LogP contribution in [0.1, 0.15) is 59.3 Å². The first-order valence-corrected chi connectivity index (χ1v) is 5.90. The van der Waals surface area contributed by atoms with Crippen molar-refractivity contribution < 1.29 is 14.3 Å². The number of carbonyl (C=O) groups excluding carboxylic acids is 2. The molecule has 0 aromatic carbocycles. The van der Waals surface area contributed by atoms with E-state index >= 15 is 0 Å². The van der Waals surface area contributed by atoms with Gasteiger partial charge in [0.2, 0.25) is 0 Å². The van der Waals surface area contributed by atoms with Crippen LogP contribution in [0.4, 0.5) is 0 Å². The van der Waals surface area contributed by atoms with Gasteiger partial charge in [0.25, 0.3) is 0 Å². The molecule has 0 radical (unpaired) electrons. The van der Waals surface area contributed by atoms with E-state index < -0.39 is 0 Å². The summed E-state index contributed by atoms with van der Waals surface area (Å²) in [5.41, 5.74) is 0. The predicted octanol–water partition coefficient (Wildman–Crippen LogP) is 3.07. The average molecular weight is 214 g/mol. The molecule has 88 valence electrons. The second-order valence-electron chi connectivity index (χ2n) is 3.79. The van der Waals surface area contributed by atoms with Crippen molar-refractivity contribution in [1.82, 2.24) is 0 Å². The third-order valence-corrected chi connectivity index (χ3v) is 2.41. The molecule has 15 heavy (non-hydrogen) atoms. The molecule has 1 atom stereocenters. The van der Waals surface area contributed by atoms with Gasteiger partial charge in [0, 0.05) is 6.42 Å². The van der Waals surface area contributed by atoms with Gasteiger partial charge >= 0.3 is 11.9 Å². The lowest BCUT2D eigenvalue weighted by Crippen LogP contribution is -2.20. The first kappa shape index (κ1) is 14.1. The SMILES string of the molecule is CCCCC(=O)OC(=O)C(CC)CCC. The van der Waals surface area contributed by atoms with Gasteiger partial charge in [-0.2, -0.15) is 0 Å². The van der Waals surface area contributed by atoms with E-state index in [2.05, 4.69) is 0 Å². The highest BCUT2D eigenvalue weighted by Crippen LogP contribution is 2.13. The van der Waals surface area contributed by atoms with Gasteiger partial charge in [-0.15, -0.1) is 0 Å². The van der Waals surface area contributed by atoms with E-state index in [9.17, 15) is 9.59 Å². The van der Waals surface area contributed by atoms with Crippen molar-refractivity contribution in [3.05, 3.63) is 0 Å². The van der Waals surface area contributed by atoms with Gasteiger partial charge in [-0.25, -0.2) is 0 Å². The highest BCUT2D eigenvalue weighted by Gasteiger charge is 2.19. The molecular weight excluding hydrogens is 192 g/mol. The van der Waals surface area contributed by atoms with Crippen LogP contribution in [-0.4, -0.2) is 11.9 Å². The van der Waals surface area contributed by atoms with Crippen LogP contribution in [-0.2, 0) is 14.3 Å². The van der Waals surface area contributed by atoms with E-state index in [0.717, 1.165) is 32.1 Å². The number of carbonyl (C=O) groups is 2. The Balaban J connectivity index is 3.93. The molecule has 0 aromatic heterocycles. The van der Waals surface area contributed by atoms with Crippen LogP contribution in [0, 0.1) is 5.92 Å². The van der Waals surface area contributed by atoms with Crippen LogP contribution >= 0.6 is 0 Å². The third-order valence-electron chi connectivity index (χ3n) is 2.41. The van der Waals surface area contributed by atoms with Crippen LogP contribution < -0.4 is 0 Å². The lowest BCUT2D eigenvalue weighted by molar-refractivity contribution is -0.163. The zero-order valence-corrected chi connectivity index (χ0v) is 10.0. The molecule has 0 aliphatic rings. The minimum atomic E-state index is -0.378. The fraction of sp³-hybridized carbons (Fsp3) is 0.833. The number of rotatable bonds is 7. The Morgan fingerprint density at radius 3 is 2.27 bits per heavy atom. The summed E-state index contributed by atoms with van der Waals surface area (Å²) in [5.74, 6) is -0.836. The Hall–Kier alpha value is -0.860. The lowest BCUT2D eigenvalue weighted by Gasteiger charge is -2.11. The smallest absolute Gasteiger partial charge is 0.316 e. The molecule has 0 heterocycles. The molecule has 0 rings (SSSR count). The van der Waals surface area contributed by atoms with Crippen molar-refractivity contribution in [3.63, 3.8) is 0 Å². The molecule has 0 spiro atoms. The molecule has 0 aliphatic carbocycles. The molecule has 3 nitrogen and oxygen atoms in total. The quantitative estimate of drug-likeness (QED) is 0.483. The Morgan fingerprint density at radius 2 is 1.80 bits per heavy atom. The van der Waals surface area contributed by atoms with Gasteiger partial charge in [-0.05, 0) is 19.3 Å². The molecule has 0 fully saturated rings. The minimum absolute atomic E-state index is 0.111. The largest absolute Gasteiger partial charge is 0.393 e. The van der Waals surface area contributed by atoms with E-state index in [0.29, 0.717) is 6.42 Å². The normalized spacial score (nSPS) is 12.2. The summed E-state index contributed by atoms with van der Waals surface area (Å²) in [5, 5.41) is 0. The van der Waals surface area contributed by atoms with Gasteiger partial charge < -0.3 is 4.74 Å². The summed E-state index contributed by atoms with van der Waals surface area (Å²) >= 11 is 0. The monoisotopic (exact) mass is 214 g/mol. The molecule has 0 bridgehead atoms. The molecule has 0 saturated heterocycles. The molecule has 1 unspecified atom stereocenters. The summed E-state index contributed by atoms with van der Waals surface area (Å²) in [6.45, 7) is 5.97. The number of esters is 2. The fourth-order valence-corrected chi connectivity index (χ4v) is 1.40. The van der Waals surface area contributed by atoms with Crippen LogP contribution in [0.15, 0.2) is 0 Å². The highest BCUT2D eigenvalue weighted by atomic mass is 16.6. The van der Waals surface area contributed by atoms with Gasteiger partial charge in [0.05, 0.1) is 5.92 Å². The minimum Gasteiger partial charge on any atom is -0.393 e. The molecule has 3 heteroatoms. The zero-order chi connectivity index (χ0) is 11.7. The first-order valence-electron chi connectivity index (χ1n) is 5.90. The van der Waals surface area contributed by atoms with Crippen molar-refractivity contribution in [2.45, 2.75) is 59.3 Å². The van der Waals surface area contributed by atoms with Gasteiger partial charge in [0.1, 0.15) is 0 Å². The Labute approximate surface area is 92.2 Å². The zero-order valence-electron chi connectivity index (χ0n) is 10.0. The van der Waals surface area contributed by atoms with Crippen molar-refractivity contribution >= 4 is 11.9 Å². The first-order chi connectivity index (χ1) is 7.15. The standard InChI is InChI=1S/C12H22O3/c1-4-7-9-11(13)15-12(14)10(6-3)8-5-2/h10H,4-9H2,1-3H3. The highest BCUT2D eigenvalue weighted by molar-refractivity contribution is 5.86. The molecule has 0 saturated carbocycles. The second-order valence-corrected chi connectivity index (χ2v) is 3.79. The van der Waals surface area contributed by atoms with E-state index in [-0.39, 0.29) is 17.9 Å². The summed E-state index contributed by atoms with van der Waals surface area (Å²) in [6, 6.07) is 0. The molecular formula is C12H22O3. The number of unbranched alkanes of at least 4 members (excludes halogenated alkanes) is 1. The summed E-state index contributed by atoms with van der Waals surface area (Å²) in [7, 11) is 0. The van der Waals surface area contributed by atoms with Crippen LogP contribution in [0.5, 0.6) is 0 Å². The van der Waals surface area contributed by atoms with Crippen molar-refractivity contribution in [2.75, 3.05) is 0 Å². The maximum Gasteiger partial charge on any atom is 0.316 e. The maximum absolute atomic E-state index is 11.5. The summed E-state index contributed by atoms with van der Waals surface area (Å²) in [4.78, 5) is 22.7. The topological polar surface area (TPSA) is 43.4 Å². The molecule has 0 N–H and O–H groups in total. The fourth-order valence-electron chi connectivity index (χ4n) is 1.40. The van der Waals surface area contributed by atoms with Gasteiger partial charge in [-0.1, -0.05) is 33.6 Å². The summed E-state index contributed by atoms with van der Waals surface area (Å²) in [6.07, 6.45) is 4.57. The molecule has 0 aliphatic heterocycles. The number of hydrogen-bond donors (Lipinski definition) is 0. The van der Waals surface area contributed by atoms with E-state index in [1.165, 1.54) is 0 Å². The van der Waals surface area contributed by atoms with Crippen molar-refractivity contribution in [1.29, 1.82) is 0 Å². The Kier molecular flexibility index (Phi) is 7.96. The van der Waals surface area contributed by atoms with Crippen LogP contribution in [0.3, 0.4) is 0 Å². The predicted molar refractivity (Wildman–Crippen MR) is 59.3 cm³/mol. The molecule has 0 aromatic rings. The van der Waals surface area contributed by atoms with E-state index in [4.69, 9.17) is 4.74 Å². The third kappa shape index (κ3) is 6.26. The Bertz CT molecular complexity index is 199. The van der Waals surface area contributed by atoms with Crippen molar-refractivity contribution in [2.24, 2.45) is 5.92 Å². The maximum atomic E-state index is 11.5. The van der Waals surface area contributed by atoms with Gasteiger partial charge in [-0.3, -0.25) is 9.59 Å².